The van der Waals surface area contributed by atoms with E-state index in [0.717, 1.165) is 10.7 Å². The van der Waals surface area contributed by atoms with E-state index in [2.05, 4.69) is 4.98 Å². The van der Waals surface area contributed by atoms with Crippen LogP contribution in [0.5, 0.6) is 0 Å². The lowest BCUT2D eigenvalue weighted by Crippen LogP contribution is -2.39. The summed E-state index contributed by atoms with van der Waals surface area (Å²) in [6.45, 7) is 1.80. The number of thiazole rings is 1. The van der Waals surface area contributed by atoms with E-state index >= 15 is 0 Å². The molecular formula is C10H16F3N3S. The number of aryl methyl sites for hydroxylation is 1. The van der Waals surface area contributed by atoms with Gasteiger partial charge in [-0.25, -0.2) is 4.98 Å². The van der Waals surface area contributed by atoms with Gasteiger partial charge in [0.15, 0.2) is 0 Å². The minimum Gasteiger partial charge on any atom is -0.330 e. The van der Waals surface area contributed by atoms with E-state index in [4.69, 9.17) is 5.73 Å². The number of hydrogen-bond acceptors (Lipinski definition) is 4. The Morgan fingerprint density at radius 3 is 2.59 bits per heavy atom. The van der Waals surface area contributed by atoms with Gasteiger partial charge in [0.2, 0.25) is 0 Å². The number of alkyl halides is 3. The topological polar surface area (TPSA) is 42.2 Å². The standard InChI is InChI=1S/C10H16F3N3S/c1-7-15-9(6-17-7)5-16(2)4-8(3-14)10(11,12)13/h6,8H,3-5,14H2,1-2H3. The lowest BCUT2D eigenvalue weighted by atomic mass is 10.1. The normalized spacial score (nSPS) is 14.3. The van der Waals surface area contributed by atoms with E-state index < -0.39 is 12.1 Å². The second-order valence-corrected chi connectivity index (χ2v) is 5.09. The Labute approximate surface area is 102 Å². The maximum atomic E-state index is 12.5. The highest BCUT2D eigenvalue weighted by Crippen LogP contribution is 2.26. The molecule has 1 aromatic rings. The maximum Gasteiger partial charge on any atom is 0.394 e. The van der Waals surface area contributed by atoms with Crippen molar-refractivity contribution in [1.29, 1.82) is 0 Å². The molecule has 0 saturated carbocycles. The molecule has 1 aromatic heterocycles. The molecule has 0 spiro atoms. The van der Waals surface area contributed by atoms with Gasteiger partial charge >= 0.3 is 6.18 Å². The van der Waals surface area contributed by atoms with Gasteiger partial charge in [0.1, 0.15) is 0 Å². The molecule has 0 aliphatic heterocycles. The molecule has 7 heteroatoms. The highest BCUT2D eigenvalue weighted by atomic mass is 32.1. The highest BCUT2D eigenvalue weighted by Gasteiger charge is 2.38. The van der Waals surface area contributed by atoms with Crippen molar-refractivity contribution in [3.8, 4) is 0 Å². The highest BCUT2D eigenvalue weighted by molar-refractivity contribution is 7.09. The van der Waals surface area contributed by atoms with Crippen molar-refractivity contribution < 1.29 is 13.2 Å². The van der Waals surface area contributed by atoms with E-state index in [1.165, 1.54) is 11.3 Å². The van der Waals surface area contributed by atoms with Crippen LogP contribution in [0.25, 0.3) is 0 Å². The fourth-order valence-electron chi connectivity index (χ4n) is 1.51. The molecule has 0 fully saturated rings. The molecule has 1 rings (SSSR count). The summed E-state index contributed by atoms with van der Waals surface area (Å²) in [4.78, 5) is 5.81. The van der Waals surface area contributed by atoms with Gasteiger partial charge in [-0.15, -0.1) is 11.3 Å². The SMILES string of the molecule is Cc1nc(CN(C)CC(CN)C(F)(F)F)cs1. The van der Waals surface area contributed by atoms with Gasteiger partial charge in [0.05, 0.1) is 16.6 Å². The first-order chi connectivity index (χ1) is 7.82. The first-order valence-corrected chi connectivity index (χ1v) is 6.07. The second kappa shape index (κ2) is 5.79. The predicted octanol–water partition coefficient (Wildman–Crippen LogP) is 2.02. The van der Waals surface area contributed by atoms with Crippen LogP contribution < -0.4 is 5.73 Å². The van der Waals surface area contributed by atoms with Crippen LogP contribution in [0.3, 0.4) is 0 Å². The van der Waals surface area contributed by atoms with E-state index in [-0.39, 0.29) is 13.1 Å². The van der Waals surface area contributed by atoms with Crippen LogP contribution in [0.15, 0.2) is 5.38 Å². The van der Waals surface area contributed by atoms with Crippen molar-refractivity contribution >= 4 is 11.3 Å². The second-order valence-electron chi connectivity index (χ2n) is 4.03. The average Bonchev–Trinajstić information content (AvgIpc) is 2.58. The molecule has 0 aromatic carbocycles. The van der Waals surface area contributed by atoms with Crippen LogP contribution in [-0.4, -0.2) is 36.2 Å². The van der Waals surface area contributed by atoms with Crippen LogP contribution in [0.1, 0.15) is 10.7 Å². The summed E-state index contributed by atoms with van der Waals surface area (Å²) in [6.07, 6.45) is -4.24. The van der Waals surface area contributed by atoms with Gasteiger partial charge in [-0.05, 0) is 14.0 Å². The third kappa shape index (κ3) is 4.61. The molecule has 1 unspecified atom stereocenters. The Hall–Kier alpha value is -0.660. The van der Waals surface area contributed by atoms with Gasteiger partial charge < -0.3 is 5.73 Å². The number of hydrogen-bond donors (Lipinski definition) is 1. The van der Waals surface area contributed by atoms with E-state index in [1.54, 1.807) is 11.9 Å². The van der Waals surface area contributed by atoms with Gasteiger partial charge in [0.25, 0.3) is 0 Å². The number of nitrogens with two attached hydrogens (primary N) is 1. The average molecular weight is 267 g/mol. The molecule has 0 saturated heterocycles. The first-order valence-electron chi connectivity index (χ1n) is 5.19. The molecule has 0 bridgehead atoms. The monoisotopic (exact) mass is 267 g/mol. The van der Waals surface area contributed by atoms with Crippen molar-refractivity contribution in [1.82, 2.24) is 9.88 Å². The summed E-state index contributed by atoms with van der Waals surface area (Å²) in [7, 11) is 1.64. The summed E-state index contributed by atoms with van der Waals surface area (Å²) in [5, 5.41) is 2.77. The number of rotatable bonds is 5. The Morgan fingerprint density at radius 1 is 1.53 bits per heavy atom. The molecule has 1 heterocycles. The molecule has 2 N–H and O–H groups in total. The molecule has 0 amide bonds. The molecular weight excluding hydrogens is 251 g/mol. The summed E-state index contributed by atoms with van der Waals surface area (Å²) < 4.78 is 37.5. The Kier molecular flexibility index (Phi) is 4.91. The van der Waals surface area contributed by atoms with E-state index in [1.807, 2.05) is 12.3 Å². The van der Waals surface area contributed by atoms with Gasteiger partial charge in [0, 0.05) is 25.0 Å². The zero-order valence-corrected chi connectivity index (χ0v) is 10.6. The smallest absolute Gasteiger partial charge is 0.330 e. The number of nitrogens with zero attached hydrogens (tertiary/aromatic N) is 2. The Morgan fingerprint density at radius 2 is 2.18 bits per heavy atom. The van der Waals surface area contributed by atoms with Crippen LogP contribution >= 0.6 is 11.3 Å². The minimum atomic E-state index is -4.24. The molecule has 17 heavy (non-hydrogen) atoms. The van der Waals surface area contributed by atoms with Crippen molar-refractivity contribution in [2.45, 2.75) is 19.6 Å². The minimum absolute atomic E-state index is 0.101. The maximum absolute atomic E-state index is 12.5. The lowest BCUT2D eigenvalue weighted by Gasteiger charge is -2.24. The van der Waals surface area contributed by atoms with Crippen molar-refractivity contribution in [2.75, 3.05) is 20.1 Å². The van der Waals surface area contributed by atoms with Crippen LogP contribution in [0, 0.1) is 12.8 Å². The summed E-state index contributed by atoms with van der Waals surface area (Å²) >= 11 is 1.49. The van der Waals surface area contributed by atoms with Crippen LogP contribution in [0.2, 0.25) is 0 Å². The van der Waals surface area contributed by atoms with Crippen molar-refractivity contribution in [3.05, 3.63) is 16.1 Å². The van der Waals surface area contributed by atoms with E-state index in [0.29, 0.717) is 6.54 Å². The van der Waals surface area contributed by atoms with E-state index in [9.17, 15) is 13.2 Å². The summed E-state index contributed by atoms with van der Waals surface area (Å²) in [6, 6.07) is 0. The molecule has 1 atom stereocenters. The zero-order valence-electron chi connectivity index (χ0n) is 9.79. The molecule has 98 valence electrons. The van der Waals surface area contributed by atoms with Gasteiger partial charge in [-0.2, -0.15) is 13.2 Å². The summed E-state index contributed by atoms with van der Waals surface area (Å²) in [5.74, 6) is -1.48. The fraction of sp³-hybridized carbons (Fsp3) is 0.700. The fourth-order valence-corrected chi connectivity index (χ4v) is 2.11. The molecule has 0 aliphatic carbocycles. The van der Waals surface area contributed by atoms with Crippen LogP contribution in [0.4, 0.5) is 13.2 Å². The quantitative estimate of drug-likeness (QED) is 0.887. The third-order valence-electron chi connectivity index (χ3n) is 2.38. The largest absolute Gasteiger partial charge is 0.394 e. The van der Waals surface area contributed by atoms with Gasteiger partial charge in [-0.3, -0.25) is 4.90 Å². The first kappa shape index (κ1) is 14.4. The predicted molar refractivity (Wildman–Crippen MR) is 61.8 cm³/mol. The van der Waals surface area contributed by atoms with Crippen molar-refractivity contribution in [2.24, 2.45) is 11.7 Å². The summed E-state index contributed by atoms with van der Waals surface area (Å²) in [5.41, 5.74) is 5.94. The Balaban J connectivity index is 2.51. The van der Waals surface area contributed by atoms with Crippen LogP contribution in [-0.2, 0) is 6.54 Å². The number of aromatic nitrogens is 1. The third-order valence-corrected chi connectivity index (χ3v) is 3.20. The zero-order chi connectivity index (χ0) is 13.1. The molecule has 0 aliphatic rings. The molecule has 3 nitrogen and oxygen atoms in total. The molecule has 0 radical (unpaired) electrons. The Bertz CT molecular complexity index is 351. The number of halogens is 3. The lowest BCUT2D eigenvalue weighted by molar-refractivity contribution is -0.175. The van der Waals surface area contributed by atoms with Gasteiger partial charge in [-0.1, -0.05) is 0 Å². The van der Waals surface area contributed by atoms with Crippen molar-refractivity contribution in [3.63, 3.8) is 0 Å².